The molecular formula is C9H16O4. The molecule has 1 fully saturated rings. The van der Waals surface area contributed by atoms with Crippen LogP contribution < -0.4 is 0 Å². The molecule has 0 aromatic heterocycles. The Labute approximate surface area is 77.1 Å². The SMILES string of the molecule is OCC=C1C[C@@H](O)C(CO)[C@H](O)C1. The molecule has 2 atom stereocenters. The van der Waals surface area contributed by atoms with Crippen molar-refractivity contribution in [1.82, 2.24) is 0 Å². The molecule has 13 heavy (non-hydrogen) atoms. The zero-order chi connectivity index (χ0) is 9.84. The third-order valence-corrected chi connectivity index (χ3v) is 2.52. The molecule has 0 spiro atoms. The van der Waals surface area contributed by atoms with Gasteiger partial charge in [0.1, 0.15) is 0 Å². The Balaban J connectivity index is 2.61. The molecule has 0 heterocycles. The summed E-state index contributed by atoms with van der Waals surface area (Å²) in [4.78, 5) is 0. The predicted molar refractivity (Wildman–Crippen MR) is 47.0 cm³/mol. The maximum atomic E-state index is 9.49. The molecule has 0 aliphatic heterocycles. The van der Waals surface area contributed by atoms with Gasteiger partial charge < -0.3 is 20.4 Å². The van der Waals surface area contributed by atoms with Crippen LogP contribution in [0.2, 0.25) is 0 Å². The fourth-order valence-electron chi connectivity index (χ4n) is 1.72. The number of rotatable bonds is 2. The Morgan fingerprint density at radius 2 is 1.69 bits per heavy atom. The van der Waals surface area contributed by atoms with Gasteiger partial charge in [-0.15, -0.1) is 0 Å². The van der Waals surface area contributed by atoms with Crippen molar-refractivity contribution in [2.75, 3.05) is 13.2 Å². The van der Waals surface area contributed by atoms with E-state index >= 15 is 0 Å². The topological polar surface area (TPSA) is 80.9 Å². The lowest BCUT2D eigenvalue weighted by Crippen LogP contribution is -2.39. The molecule has 4 N–H and O–H groups in total. The first-order chi connectivity index (χ1) is 6.19. The Morgan fingerprint density at radius 3 is 2.08 bits per heavy atom. The fraction of sp³-hybridized carbons (Fsp3) is 0.778. The molecule has 4 nitrogen and oxygen atoms in total. The maximum Gasteiger partial charge on any atom is 0.0652 e. The molecule has 1 saturated carbocycles. The van der Waals surface area contributed by atoms with Crippen LogP contribution >= 0.6 is 0 Å². The molecule has 0 amide bonds. The molecule has 1 rings (SSSR count). The van der Waals surface area contributed by atoms with Crippen molar-refractivity contribution >= 4 is 0 Å². The van der Waals surface area contributed by atoms with Crippen LogP contribution in [0, 0.1) is 5.92 Å². The highest BCUT2D eigenvalue weighted by molar-refractivity contribution is 5.10. The Morgan fingerprint density at radius 1 is 1.15 bits per heavy atom. The van der Waals surface area contributed by atoms with Crippen LogP contribution in [0.4, 0.5) is 0 Å². The molecule has 76 valence electrons. The van der Waals surface area contributed by atoms with Gasteiger partial charge in [0, 0.05) is 5.92 Å². The Bertz CT molecular complexity index is 176. The van der Waals surface area contributed by atoms with Crippen molar-refractivity contribution in [3.05, 3.63) is 11.6 Å². The molecule has 4 heteroatoms. The first-order valence-corrected chi connectivity index (χ1v) is 4.44. The van der Waals surface area contributed by atoms with Gasteiger partial charge in [0.15, 0.2) is 0 Å². The second kappa shape index (κ2) is 4.72. The van der Waals surface area contributed by atoms with Crippen molar-refractivity contribution in [3.8, 4) is 0 Å². The van der Waals surface area contributed by atoms with E-state index < -0.39 is 18.1 Å². The highest BCUT2D eigenvalue weighted by Crippen LogP contribution is 2.28. The average molecular weight is 188 g/mol. The summed E-state index contributed by atoms with van der Waals surface area (Å²) in [5.41, 5.74) is 0.854. The summed E-state index contributed by atoms with van der Waals surface area (Å²) >= 11 is 0. The summed E-state index contributed by atoms with van der Waals surface area (Å²) in [5.74, 6) is -0.448. The highest BCUT2D eigenvalue weighted by Gasteiger charge is 2.32. The van der Waals surface area contributed by atoms with E-state index in [-0.39, 0.29) is 13.2 Å². The minimum Gasteiger partial charge on any atom is -0.396 e. The third kappa shape index (κ3) is 2.51. The van der Waals surface area contributed by atoms with Gasteiger partial charge in [0.2, 0.25) is 0 Å². The van der Waals surface area contributed by atoms with Crippen molar-refractivity contribution in [3.63, 3.8) is 0 Å². The zero-order valence-electron chi connectivity index (χ0n) is 7.43. The lowest BCUT2D eigenvalue weighted by Gasteiger charge is -2.32. The smallest absolute Gasteiger partial charge is 0.0652 e. The van der Waals surface area contributed by atoms with Crippen LogP contribution in [0.15, 0.2) is 11.6 Å². The van der Waals surface area contributed by atoms with Crippen molar-refractivity contribution in [2.45, 2.75) is 25.0 Å². The van der Waals surface area contributed by atoms with Gasteiger partial charge in [-0.3, -0.25) is 0 Å². The highest BCUT2D eigenvalue weighted by atomic mass is 16.3. The van der Waals surface area contributed by atoms with Crippen molar-refractivity contribution in [2.24, 2.45) is 5.92 Å². The van der Waals surface area contributed by atoms with E-state index in [2.05, 4.69) is 0 Å². The summed E-state index contributed by atoms with van der Waals surface area (Å²) in [6.45, 7) is -0.271. The normalized spacial score (nSPS) is 34.8. The van der Waals surface area contributed by atoms with E-state index in [0.717, 1.165) is 5.57 Å². The van der Waals surface area contributed by atoms with Crippen LogP contribution in [-0.4, -0.2) is 45.8 Å². The lowest BCUT2D eigenvalue weighted by molar-refractivity contribution is -0.0313. The molecule has 0 saturated heterocycles. The van der Waals surface area contributed by atoms with Gasteiger partial charge in [-0.2, -0.15) is 0 Å². The van der Waals surface area contributed by atoms with Crippen LogP contribution in [-0.2, 0) is 0 Å². The van der Waals surface area contributed by atoms with E-state index in [4.69, 9.17) is 10.2 Å². The minimum absolute atomic E-state index is 0.0709. The summed E-state index contributed by atoms with van der Waals surface area (Å²) in [6.07, 6.45) is 1.06. The summed E-state index contributed by atoms with van der Waals surface area (Å²) in [6, 6.07) is 0. The second-order valence-corrected chi connectivity index (χ2v) is 3.43. The zero-order valence-corrected chi connectivity index (χ0v) is 7.43. The van der Waals surface area contributed by atoms with Crippen molar-refractivity contribution < 1.29 is 20.4 Å². The first-order valence-electron chi connectivity index (χ1n) is 4.44. The van der Waals surface area contributed by atoms with E-state index in [1.165, 1.54) is 0 Å². The lowest BCUT2D eigenvalue weighted by atomic mass is 9.81. The van der Waals surface area contributed by atoms with E-state index in [0.29, 0.717) is 12.8 Å². The monoisotopic (exact) mass is 188 g/mol. The van der Waals surface area contributed by atoms with Crippen LogP contribution in [0.3, 0.4) is 0 Å². The molecule has 0 aromatic carbocycles. The predicted octanol–water partition coefficient (Wildman–Crippen LogP) is -0.971. The summed E-state index contributed by atoms with van der Waals surface area (Å²) in [7, 11) is 0. The number of aliphatic hydroxyl groups excluding tert-OH is 4. The van der Waals surface area contributed by atoms with Crippen LogP contribution in [0.5, 0.6) is 0 Å². The van der Waals surface area contributed by atoms with Gasteiger partial charge in [-0.05, 0) is 12.8 Å². The van der Waals surface area contributed by atoms with E-state index in [9.17, 15) is 10.2 Å². The van der Waals surface area contributed by atoms with Gasteiger partial charge >= 0.3 is 0 Å². The third-order valence-electron chi connectivity index (χ3n) is 2.52. The molecule has 1 aliphatic carbocycles. The molecule has 0 radical (unpaired) electrons. The van der Waals surface area contributed by atoms with Gasteiger partial charge in [-0.1, -0.05) is 11.6 Å². The second-order valence-electron chi connectivity index (χ2n) is 3.43. The minimum atomic E-state index is -0.702. The largest absolute Gasteiger partial charge is 0.396 e. The maximum absolute atomic E-state index is 9.49. The molecule has 0 aromatic rings. The van der Waals surface area contributed by atoms with Crippen LogP contribution in [0.1, 0.15) is 12.8 Å². The van der Waals surface area contributed by atoms with E-state index in [1.807, 2.05) is 0 Å². The first kappa shape index (κ1) is 10.7. The standard InChI is InChI=1S/C9H16O4/c10-2-1-6-3-8(12)7(5-11)9(13)4-6/h1,7-13H,2-5H2/t7?,8-,9-/m1/s1. The Kier molecular flexibility index (Phi) is 3.87. The number of hydrogen-bond acceptors (Lipinski definition) is 4. The summed E-state index contributed by atoms with van der Waals surface area (Å²) < 4.78 is 0. The number of aliphatic hydroxyl groups is 4. The molecular weight excluding hydrogens is 172 g/mol. The average Bonchev–Trinajstić information content (AvgIpc) is 2.04. The Hall–Kier alpha value is -0.420. The summed E-state index contributed by atoms with van der Waals surface area (Å²) in [5, 5.41) is 36.5. The molecule has 0 bridgehead atoms. The molecule has 1 aliphatic rings. The van der Waals surface area contributed by atoms with Gasteiger partial charge in [0.05, 0.1) is 25.4 Å². The fourth-order valence-corrected chi connectivity index (χ4v) is 1.72. The van der Waals surface area contributed by atoms with Crippen LogP contribution in [0.25, 0.3) is 0 Å². The van der Waals surface area contributed by atoms with Crippen molar-refractivity contribution in [1.29, 1.82) is 0 Å². The number of hydrogen-bond donors (Lipinski definition) is 4. The quantitative estimate of drug-likeness (QED) is 0.420. The van der Waals surface area contributed by atoms with E-state index in [1.54, 1.807) is 6.08 Å². The van der Waals surface area contributed by atoms with Gasteiger partial charge in [-0.25, -0.2) is 0 Å². The van der Waals surface area contributed by atoms with Gasteiger partial charge in [0.25, 0.3) is 0 Å². The molecule has 0 unspecified atom stereocenters.